The summed E-state index contributed by atoms with van der Waals surface area (Å²) in [6, 6.07) is 4.45. The van der Waals surface area contributed by atoms with E-state index in [9.17, 15) is 0 Å². The Morgan fingerprint density at radius 1 is 0.941 bits per heavy atom. The van der Waals surface area contributed by atoms with E-state index >= 15 is 0 Å². The smallest absolute Gasteiger partial charge is 0.0517 e. The van der Waals surface area contributed by atoms with Gasteiger partial charge < -0.3 is 4.57 Å². The Balaban J connectivity index is 0.000000686. The molecule has 1 aromatic heterocycles. The molecule has 0 unspecified atom stereocenters. The second-order valence-corrected chi connectivity index (χ2v) is 4.38. The molecule has 0 fully saturated rings. The molecule has 0 radical (unpaired) electrons. The molecule has 0 aliphatic rings. The van der Waals surface area contributed by atoms with Crippen LogP contribution in [-0.2, 0) is 6.54 Å². The van der Waals surface area contributed by atoms with E-state index in [1.54, 1.807) is 0 Å². The lowest BCUT2D eigenvalue weighted by atomic mass is 10.0. The van der Waals surface area contributed by atoms with Gasteiger partial charge in [0.25, 0.3) is 0 Å². The van der Waals surface area contributed by atoms with Gasteiger partial charge in [-0.25, -0.2) is 0 Å². The van der Waals surface area contributed by atoms with Crippen LogP contribution < -0.4 is 0 Å². The summed E-state index contributed by atoms with van der Waals surface area (Å²) in [5.41, 5.74) is 7.04. The first-order valence-corrected chi connectivity index (χ1v) is 6.63. The Morgan fingerprint density at radius 3 is 2.00 bits per heavy atom. The van der Waals surface area contributed by atoms with Crippen LogP contribution >= 0.6 is 0 Å². The molecule has 1 nitrogen and oxygen atoms in total. The molecule has 0 N–H and O–H groups in total. The van der Waals surface area contributed by atoms with Gasteiger partial charge in [-0.05, 0) is 51.3 Å². The Bertz CT molecular complexity index is 518. The number of hydrogen-bond acceptors (Lipinski definition) is 0. The van der Waals surface area contributed by atoms with Crippen LogP contribution in [0.3, 0.4) is 0 Å². The van der Waals surface area contributed by atoms with Crippen LogP contribution in [0.2, 0.25) is 0 Å². The number of rotatable bonds is 1. The summed E-state index contributed by atoms with van der Waals surface area (Å²) in [7, 11) is 0. The van der Waals surface area contributed by atoms with Gasteiger partial charge >= 0.3 is 0 Å². The van der Waals surface area contributed by atoms with Gasteiger partial charge in [-0.2, -0.15) is 0 Å². The Hall–Kier alpha value is -1.24. The zero-order valence-corrected chi connectivity index (χ0v) is 12.3. The van der Waals surface area contributed by atoms with E-state index in [0.717, 1.165) is 6.54 Å². The van der Waals surface area contributed by atoms with Crippen LogP contribution in [0.5, 0.6) is 0 Å². The van der Waals surface area contributed by atoms with Crippen LogP contribution in [0.4, 0.5) is 0 Å². The summed E-state index contributed by atoms with van der Waals surface area (Å²) in [6.07, 6.45) is 0. The molecule has 2 aromatic rings. The van der Waals surface area contributed by atoms with Gasteiger partial charge in [0.1, 0.15) is 0 Å². The summed E-state index contributed by atoms with van der Waals surface area (Å²) in [4.78, 5) is 0. The van der Waals surface area contributed by atoms with Gasteiger partial charge in [0.05, 0.1) is 5.52 Å². The van der Waals surface area contributed by atoms with E-state index in [0.29, 0.717) is 0 Å². The molecule has 2 rings (SSSR count). The highest BCUT2D eigenvalue weighted by Gasteiger charge is 2.12. The third-order valence-electron chi connectivity index (χ3n) is 3.50. The monoisotopic (exact) mass is 231 g/mol. The Labute approximate surface area is 105 Å². The van der Waals surface area contributed by atoms with Crippen LogP contribution in [0.1, 0.15) is 43.2 Å². The molecule has 1 aromatic carbocycles. The number of fused-ring (bicyclic) bond motifs is 1. The van der Waals surface area contributed by atoms with E-state index in [2.05, 4.69) is 51.3 Å². The Morgan fingerprint density at radius 2 is 1.47 bits per heavy atom. The van der Waals surface area contributed by atoms with Gasteiger partial charge in [-0.1, -0.05) is 26.0 Å². The van der Waals surface area contributed by atoms with Crippen molar-refractivity contribution in [3.05, 3.63) is 34.5 Å². The second kappa shape index (κ2) is 5.39. The molecular weight excluding hydrogens is 206 g/mol. The molecule has 94 valence electrons. The minimum atomic E-state index is 1.06. The molecule has 0 spiro atoms. The lowest BCUT2D eigenvalue weighted by molar-refractivity contribution is 0.764. The molecule has 0 saturated heterocycles. The van der Waals surface area contributed by atoms with Crippen LogP contribution in [0.15, 0.2) is 12.1 Å². The highest BCUT2D eigenvalue weighted by molar-refractivity contribution is 5.90. The third-order valence-corrected chi connectivity index (χ3v) is 3.50. The highest BCUT2D eigenvalue weighted by Crippen LogP contribution is 2.30. The topological polar surface area (TPSA) is 4.93 Å². The van der Waals surface area contributed by atoms with E-state index in [-0.39, 0.29) is 0 Å². The van der Waals surface area contributed by atoms with Gasteiger partial charge in [0.15, 0.2) is 0 Å². The van der Waals surface area contributed by atoms with Crippen molar-refractivity contribution >= 4 is 10.9 Å². The maximum absolute atomic E-state index is 2.42. The SMILES string of the molecule is CC.CCn1c(C)c(C)c2c(C)ccc(C)c21. The molecule has 1 heteroatoms. The van der Waals surface area contributed by atoms with Crippen molar-refractivity contribution in [3.63, 3.8) is 0 Å². The van der Waals surface area contributed by atoms with E-state index in [1.807, 2.05) is 13.8 Å². The first kappa shape index (κ1) is 13.8. The maximum atomic E-state index is 2.42. The number of aryl methyl sites for hydroxylation is 4. The predicted octanol–water partition coefficient (Wildman–Crippen LogP) is 4.92. The largest absolute Gasteiger partial charge is 0.345 e. The zero-order chi connectivity index (χ0) is 13.2. The predicted molar refractivity (Wildman–Crippen MR) is 77.9 cm³/mol. The van der Waals surface area contributed by atoms with E-state index < -0.39 is 0 Å². The summed E-state index contributed by atoms with van der Waals surface area (Å²) >= 11 is 0. The maximum Gasteiger partial charge on any atom is 0.0517 e. The lowest BCUT2D eigenvalue weighted by Gasteiger charge is -2.07. The average molecular weight is 231 g/mol. The van der Waals surface area contributed by atoms with Crippen molar-refractivity contribution in [3.8, 4) is 0 Å². The molecule has 1 heterocycles. The average Bonchev–Trinajstić information content (AvgIpc) is 2.61. The molecule has 0 bridgehead atoms. The number of aromatic nitrogens is 1. The fourth-order valence-corrected chi connectivity index (χ4v) is 2.56. The summed E-state index contributed by atoms with van der Waals surface area (Å²) in [5, 5.41) is 1.45. The lowest BCUT2D eigenvalue weighted by Crippen LogP contribution is -1.97. The van der Waals surface area contributed by atoms with E-state index in [1.165, 1.54) is 33.3 Å². The summed E-state index contributed by atoms with van der Waals surface area (Å²) < 4.78 is 2.42. The zero-order valence-electron chi connectivity index (χ0n) is 12.3. The fraction of sp³-hybridized carbons (Fsp3) is 0.500. The molecule has 0 aliphatic heterocycles. The normalized spacial score (nSPS) is 10.3. The highest BCUT2D eigenvalue weighted by atomic mass is 15.0. The molecule has 0 atom stereocenters. The van der Waals surface area contributed by atoms with Crippen molar-refractivity contribution in [2.45, 2.75) is 55.0 Å². The van der Waals surface area contributed by atoms with Gasteiger partial charge in [0.2, 0.25) is 0 Å². The van der Waals surface area contributed by atoms with Gasteiger partial charge in [-0.15, -0.1) is 0 Å². The van der Waals surface area contributed by atoms with Crippen LogP contribution in [0, 0.1) is 27.7 Å². The van der Waals surface area contributed by atoms with Crippen molar-refractivity contribution in [1.29, 1.82) is 0 Å². The molecule has 0 saturated carbocycles. The minimum Gasteiger partial charge on any atom is -0.345 e. The van der Waals surface area contributed by atoms with Crippen molar-refractivity contribution < 1.29 is 0 Å². The number of nitrogens with zero attached hydrogens (tertiary/aromatic N) is 1. The van der Waals surface area contributed by atoms with Crippen molar-refractivity contribution in [2.24, 2.45) is 0 Å². The van der Waals surface area contributed by atoms with Gasteiger partial charge in [-0.3, -0.25) is 0 Å². The van der Waals surface area contributed by atoms with E-state index in [4.69, 9.17) is 0 Å². The second-order valence-electron chi connectivity index (χ2n) is 4.38. The first-order valence-electron chi connectivity index (χ1n) is 6.63. The van der Waals surface area contributed by atoms with Crippen LogP contribution in [0.25, 0.3) is 10.9 Å². The molecule has 0 aliphatic carbocycles. The fourth-order valence-electron chi connectivity index (χ4n) is 2.56. The summed E-state index contributed by atoms with van der Waals surface area (Å²) in [6.45, 7) is 16.1. The quantitative estimate of drug-likeness (QED) is 0.656. The molecular formula is C16H25N. The van der Waals surface area contributed by atoms with Crippen molar-refractivity contribution in [1.82, 2.24) is 4.57 Å². The van der Waals surface area contributed by atoms with Crippen molar-refractivity contribution in [2.75, 3.05) is 0 Å². The first-order chi connectivity index (χ1) is 8.07. The summed E-state index contributed by atoms with van der Waals surface area (Å²) in [5.74, 6) is 0. The molecule has 17 heavy (non-hydrogen) atoms. The number of benzene rings is 1. The Kier molecular flexibility index (Phi) is 4.39. The standard InChI is InChI=1S/C14H19N.C2H6/c1-6-15-12(5)11(4)13-9(2)7-8-10(3)14(13)15;1-2/h7-8H,6H2,1-5H3;1-2H3. The third kappa shape index (κ3) is 2.11. The van der Waals surface area contributed by atoms with Crippen LogP contribution in [-0.4, -0.2) is 4.57 Å². The number of hydrogen-bond donors (Lipinski definition) is 0. The minimum absolute atomic E-state index is 1.06. The molecule has 0 amide bonds. The van der Waals surface area contributed by atoms with Gasteiger partial charge in [0, 0.05) is 17.6 Å².